The number of halogens is 3. The molecule has 1 amide bonds. The molecule has 0 fully saturated rings. The molecule has 150 valence electrons. The van der Waals surface area contributed by atoms with Crippen molar-refractivity contribution in [3.05, 3.63) is 95.9 Å². The number of nitrogens with zero attached hydrogens (tertiary/aromatic N) is 1. The molecule has 1 N–H and O–H groups in total. The second-order valence-corrected chi connectivity index (χ2v) is 9.17. The Morgan fingerprint density at radius 3 is 2.30 bits per heavy atom. The van der Waals surface area contributed by atoms with Crippen LogP contribution in [0.25, 0.3) is 6.08 Å². The Labute approximate surface area is 205 Å². The normalized spacial score (nSPS) is 10.9. The number of benzene rings is 3. The summed E-state index contributed by atoms with van der Waals surface area (Å²) >= 11 is 9.29. The highest BCUT2D eigenvalue weighted by Crippen LogP contribution is 2.36. The van der Waals surface area contributed by atoms with Crippen LogP contribution < -0.4 is 10.1 Å². The molecule has 0 atom stereocenters. The first kappa shape index (κ1) is 22.5. The lowest BCUT2D eigenvalue weighted by Crippen LogP contribution is -2.13. The van der Waals surface area contributed by atoms with Gasteiger partial charge in [0.15, 0.2) is 0 Å². The number of amides is 1. The summed E-state index contributed by atoms with van der Waals surface area (Å²) in [5.74, 6) is 0.188. The van der Waals surface area contributed by atoms with E-state index in [4.69, 9.17) is 4.74 Å². The van der Waals surface area contributed by atoms with Crippen LogP contribution in [0.1, 0.15) is 11.1 Å². The molecule has 0 saturated heterocycles. The van der Waals surface area contributed by atoms with Crippen LogP contribution in [0.5, 0.6) is 5.75 Å². The predicted octanol–water partition coefficient (Wildman–Crippen LogP) is 6.94. The first-order chi connectivity index (χ1) is 14.5. The molecular formula is C23H15Br2IN2O2. The van der Waals surface area contributed by atoms with Gasteiger partial charge in [-0.25, -0.2) is 0 Å². The molecule has 0 unspecified atom stereocenters. The third-order valence-electron chi connectivity index (χ3n) is 4.02. The van der Waals surface area contributed by atoms with Gasteiger partial charge in [-0.3, -0.25) is 4.79 Å². The second kappa shape index (κ2) is 10.8. The smallest absolute Gasteiger partial charge is 0.266 e. The zero-order valence-electron chi connectivity index (χ0n) is 15.5. The maximum atomic E-state index is 12.4. The first-order valence-electron chi connectivity index (χ1n) is 8.81. The van der Waals surface area contributed by atoms with E-state index in [-0.39, 0.29) is 5.57 Å². The van der Waals surface area contributed by atoms with Crippen LogP contribution in [0.4, 0.5) is 5.69 Å². The minimum Gasteiger partial charge on any atom is -0.487 e. The Balaban J connectivity index is 1.76. The van der Waals surface area contributed by atoms with Gasteiger partial charge in [0, 0.05) is 9.26 Å². The van der Waals surface area contributed by atoms with E-state index in [2.05, 4.69) is 59.8 Å². The van der Waals surface area contributed by atoms with E-state index in [0.717, 1.165) is 14.5 Å². The number of anilines is 1. The molecule has 4 nitrogen and oxygen atoms in total. The van der Waals surface area contributed by atoms with Crippen LogP contribution >= 0.6 is 54.5 Å². The fourth-order valence-electron chi connectivity index (χ4n) is 2.57. The number of carbonyl (C=O) groups is 1. The van der Waals surface area contributed by atoms with Gasteiger partial charge in [-0.1, -0.05) is 30.3 Å². The summed E-state index contributed by atoms with van der Waals surface area (Å²) in [6.07, 6.45) is 1.54. The van der Waals surface area contributed by atoms with E-state index < -0.39 is 5.91 Å². The Morgan fingerprint density at radius 1 is 1.07 bits per heavy atom. The maximum Gasteiger partial charge on any atom is 0.266 e. The predicted molar refractivity (Wildman–Crippen MR) is 134 cm³/mol. The van der Waals surface area contributed by atoms with Crippen molar-refractivity contribution in [3.63, 3.8) is 0 Å². The number of hydrogen-bond donors (Lipinski definition) is 1. The molecule has 7 heteroatoms. The monoisotopic (exact) mass is 636 g/mol. The topological polar surface area (TPSA) is 62.1 Å². The molecule has 0 aliphatic heterocycles. The van der Waals surface area contributed by atoms with E-state index >= 15 is 0 Å². The summed E-state index contributed by atoms with van der Waals surface area (Å²) in [4.78, 5) is 12.4. The standard InChI is InChI=1S/C23H15Br2IN2O2/c24-20-11-16(10-17(13-27)23(29)28-19-4-2-1-3-5-19)12-21(25)22(20)30-14-15-6-8-18(26)9-7-15/h1-12H,14H2,(H,28,29)/b17-10-. The number of nitrogens with one attached hydrogen (secondary N) is 1. The molecule has 30 heavy (non-hydrogen) atoms. The van der Waals surface area contributed by atoms with Crippen LogP contribution in [0.15, 0.2) is 81.2 Å². The molecule has 0 bridgehead atoms. The Hall–Kier alpha value is -2.15. The minimum atomic E-state index is -0.463. The summed E-state index contributed by atoms with van der Waals surface area (Å²) in [6, 6.07) is 22.7. The summed E-state index contributed by atoms with van der Waals surface area (Å²) in [6.45, 7) is 0.423. The van der Waals surface area contributed by atoms with Gasteiger partial charge in [0.25, 0.3) is 5.91 Å². The average Bonchev–Trinajstić information content (AvgIpc) is 2.73. The van der Waals surface area contributed by atoms with E-state index in [1.165, 1.54) is 9.65 Å². The van der Waals surface area contributed by atoms with Gasteiger partial charge in [0.2, 0.25) is 0 Å². The molecule has 0 heterocycles. The molecule has 3 rings (SSSR count). The third-order valence-corrected chi connectivity index (χ3v) is 5.92. The first-order valence-corrected chi connectivity index (χ1v) is 11.5. The SMILES string of the molecule is N#C/C(=C/c1cc(Br)c(OCc2ccc(I)cc2)c(Br)c1)C(=O)Nc1ccccc1. The maximum absolute atomic E-state index is 12.4. The fourth-order valence-corrected chi connectivity index (χ4v) is 4.38. The summed E-state index contributed by atoms with van der Waals surface area (Å²) in [5.41, 5.74) is 2.38. The van der Waals surface area contributed by atoms with Crippen molar-refractivity contribution >= 4 is 72.1 Å². The molecule has 0 aliphatic rings. The lowest BCUT2D eigenvalue weighted by Gasteiger charge is -2.12. The van der Waals surface area contributed by atoms with E-state index in [9.17, 15) is 10.1 Å². The molecule has 0 aromatic heterocycles. The lowest BCUT2D eigenvalue weighted by molar-refractivity contribution is -0.112. The molecule has 0 saturated carbocycles. The molecule has 0 aliphatic carbocycles. The minimum absolute atomic E-state index is 0.00482. The van der Waals surface area contributed by atoms with Crippen molar-refractivity contribution in [2.24, 2.45) is 0 Å². The average molecular weight is 638 g/mol. The number of nitriles is 1. The van der Waals surface area contributed by atoms with Crippen molar-refractivity contribution in [3.8, 4) is 11.8 Å². The van der Waals surface area contributed by atoms with Crippen molar-refractivity contribution in [2.75, 3.05) is 5.32 Å². The van der Waals surface area contributed by atoms with Gasteiger partial charge < -0.3 is 10.1 Å². The lowest BCUT2D eigenvalue weighted by atomic mass is 10.1. The van der Waals surface area contributed by atoms with E-state index in [1.54, 1.807) is 24.3 Å². The molecule has 3 aromatic rings. The van der Waals surface area contributed by atoms with Crippen LogP contribution in [0, 0.1) is 14.9 Å². The van der Waals surface area contributed by atoms with Gasteiger partial charge in [-0.15, -0.1) is 0 Å². The summed E-state index contributed by atoms with van der Waals surface area (Å²) in [5, 5.41) is 12.1. The fraction of sp³-hybridized carbons (Fsp3) is 0.0435. The number of rotatable bonds is 6. The zero-order chi connectivity index (χ0) is 21.5. The van der Waals surface area contributed by atoms with Gasteiger partial charge in [0.05, 0.1) is 8.95 Å². The van der Waals surface area contributed by atoms with E-state index in [1.807, 2.05) is 48.5 Å². The summed E-state index contributed by atoms with van der Waals surface area (Å²) in [7, 11) is 0. The zero-order valence-corrected chi connectivity index (χ0v) is 20.9. The molecule has 0 radical (unpaired) electrons. The van der Waals surface area contributed by atoms with Gasteiger partial charge >= 0.3 is 0 Å². The van der Waals surface area contributed by atoms with Crippen LogP contribution in [-0.2, 0) is 11.4 Å². The van der Waals surface area contributed by atoms with Gasteiger partial charge in [0.1, 0.15) is 24.0 Å². The van der Waals surface area contributed by atoms with Gasteiger partial charge in [-0.2, -0.15) is 5.26 Å². The Bertz CT molecular complexity index is 1100. The number of hydrogen-bond acceptors (Lipinski definition) is 3. The van der Waals surface area contributed by atoms with Crippen molar-refractivity contribution in [1.29, 1.82) is 5.26 Å². The quantitative estimate of drug-likeness (QED) is 0.181. The number of carbonyl (C=O) groups excluding carboxylic acids is 1. The van der Waals surface area contributed by atoms with Crippen molar-refractivity contribution in [2.45, 2.75) is 6.61 Å². The third kappa shape index (κ3) is 6.17. The van der Waals surface area contributed by atoms with Crippen LogP contribution in [0.2, 0.25) is 0 Å². The molecule has 0 spiro atoms. The van der Waals surface area contributed by atoms with Crippen molar-refractivity contribution in [1.82, 2.24) is 0 Å². The Morgan fingerprint density at radius 2 is 1.70 bits per heavy atom. The summed E-state index contributed by atoms with van der Waals surface area (Å²) < 4.78 is 8.55. The highest BCUT2D eigenvalue weighted by molar-refractivity contribution is 14.1. The molecule has 3 aromatic carbocycles. The number of para-hydroxylation sites is 1. The van der Waals surface area contributed by atoms with E-state index in [0.29, 0.717) is 23.6 Å². The van der Waals surface area contributed by atoms with Crippen LogP contribution in [-0.4, -0.2) is 5.91 Å². The van der Waals surface area contributed by atoms with Crippen molar-refractivity contribution < 1.29 is 9.53 Å². The highest BCUT2D eigenvalue weighted by Gasteiger charge is 2.13. The van der Waals surface area contributed by atoms with Gasteiger partial charge in [-0.05, 0) is 108 Å². The highest BCUT2D eigenvalue weighted by atomic mass is 127. The Kier molecular flexibility index (Phi) is 8.08. The number of ether oxygens (including phenoxy) is 1. The largest absolute Gasteiger partial charge is 0.487 e. The molecular weight excluding hydrogens is 623 g/mol. The van der Waals surface area contributed by atoms with Crippen LogP contribution in [0.3, 0.4) is 0 Å². The second-order valence-electron chi connectivity index (χ2n) is 6.22.